The van der Waals surface area contributed by atoms with E-state index < -0.39 is 0 Å². The highest BCUT2D eigenvalue weighted by atomic mass is 19.1. The number of aromatic amines is 1. The summed E-state index contributed by atoms with van der Waals surface area (Å²) in [5.74, 6) is -0.459. The molecule has 5 heteroatoms. The van der Waals surface area contributed by atoms with Gasteiger partial charge in [0.25, 0.3) is 5.91 Å². The second-order valence-electron chi connectivity index (χ2n) is 5.69. The van der Waals surface area contributed by atoms with Crippen LogP contribution in [-0.4, -0.2) is 22.4 Å². The van der Waals surface area contributed by atoms with Gasteiger partial charge >= 0.3 is 0 Å². The molecule has 0 saturated heterocycles. The van der Waals surface area contributed by atoms with Crippen molar-refractivity contribution in [1.82, 2.24) is 15.3 Å². The van der Waals surface area contributed by atoms with E-state index in [4.69, 9.17) is 0 Å². The number of aromatic nitrogens is 2. The van der Waals surface area contributed by atoms with Crippen molar-refractivity contribution in [3.8, 4) is 11.3 Å². The summed E-state index contributed by atoms with van der Waals surface area (Å²) in [6.45, 7) is 2.77. The van der Waals surface area contributed by atoms with Crippen molar-refractivity contribution < 1.29 is 9.18 Å². The minimum atomic E-state index is -0.363. The van der Waals surface area contributed by atoms with E-state index in [9.17, 15) is 9.18 Å². The summed E-state index contributed by atoms with van der Waals surface area (Å²) in [4.78, 5) is 19.2. The van der Waals surface area contributed by atoms with Gasteiger partial charge in [-0.2, -0.15) is 0 Å². The molecule has 2 aromatic heterocycles. The van der Waals surface area contributed by atoms with Crippen molar-refractivity contribution in [1.29, 1.82) is 0 Å². The third-order valence-corrected chi connectivity index (χ3v) is 4.04. The molecule has 0 fully saturated rings. The first-order valence-corrected chi connectivity index (χ1v) is 7.84. The fourth-order valence-corrected chi connectivity index (χ4v) is 2.82. The standard InChI is InChI=1S/C17H20FN3O/c1-2-3-4-5-11-8-12(14(18)10-20-11)16-9-13-15(21-16)6-7-19-17(13)22/h8-10,21H,2-7H2,1H3,(H,19,22). The predicted octanol–water partition coefficient (Wildman–Crippen LogP) is 3.23. The summed E-state index contributed by atoms with van der Waals surface area (Å²) < 4.78 is 14.1. The second-order valence-corrected chi connectivity index (χ2v) is 5.69. The van der Waals surface area contributed by atoms with E-state index >= 15 is 0 Å². The molecule has 3 rings (SSSR count). The van der Waals surface area contributed by atoms with Crippen molar-refractivity contribution in [3.05, 3.63) is 41.1 Å². The van der Waals surface area contributed by atoms with Crippen LogP contribution in [0.5, 0.6) is 0 Å². The molecule has 1 amide bonds. The lowest BCUT2D eigenvalue weighted by Crippen LogP contribution is -2.31. The van der Waals surface area contributed by atoms with Crippen molar-refractivity contribution >= 4 is 5.91 Å². The highest BCUT2D eigenvalue weighted by molar-refractivity contribution is 5.97. The molecular weight excluding hydrogens is 281 g/mol. The Morgan fingerprint density at radius 2 is 2.14 bits per heavy atom. The third-order valence-electron chi connectivity index (χ3n) is 4.04. The zero-order valence-electron chi connectivity index (χ0n) is 12.7. The van der Waals surface area contributed by atoms with Crippen molar-refractivity contribution in [3.63, 3.8) is 0 Å². The number of rotatable bonds is 5. The molecule has 0 atom stereocenters. The van der Waals surface area contributed by atoms with E-state index in [-0.39, 0.29) is 11.7 Å². The highest BCUT2D eigenvalue weighted by Gasteiger charge is 2.21. The zero-order valence-corrected chi connectivity index (χ0v) is 12.7. The number of halogens is 1. The van der Waals surface area contributed by atoms with Crippen LogP contribution in [0.1, 0.15) is 47.9 Å². The van der Waals surface area contributed by atoms with Crippen LogP contribution in [0, 0.1) is 5.82 Å². The number of nitrogens with one attached hydrogen (secondary N) is 2. The molecular formula is C17H20FN3O. The minimum absolute atomic E-state index is 0.0959. The van der Waals surface area contributed by atoms with Gasteiger partial charge in [-0.05, 0) is 25.0 Å². The van der Waals surface area contributed by atoms with E-state index in [0.717, 1.165) is 43.5 Å². The van der Waals surface area contributed by atoms with Gasteiger partial charge in [-0.25, -0.2) is 4.39 Å². The Hall–Kier alpha value is -2.17. The van der Waals surface area contributed by atoms with Gasteiger partial charge in [0.05, 0.1) is 11.8 Å². The van der Waals surface area contributed by atoms with Crippen LogP contribution in [-0.2, 0) is 12.8 Å². The lowest BCUT2D eigenvalue weighted by atomic mass is 10.1. The molecule has 116 valence electrons. The van der Waals surface area contributed by atoms with E-state index in [1.165, 1.54) is 6.20 Å². The molecule has 0 spiro atoms. The number of carbonyl (C=O) groups is 1. The van der Waals surface area contributed by atoms with Gasteiger partial charge in [0.1, 0.15) is 0 Å². The molecule has 0 bridgehead atoms. The van der Waals surface area contributed by atoms with Gasteiger partial charge in [0.15, 0.2) is 5.82 Å². The Kier molecular flexibility index (Phi) is 4.22. The SMILES string of the molecule is CCCCCc1cc(-c2cc3c([nH]2)CCNC3=O)c(F)cn1. The maximum absolute atomic E-state index is 14.1. The van der Waals surface area contributed by atoms with Crippen LogP contribution >= 0.6 is 0 Å². The molecule has 2 aromatic rings. The number of amides is 1. The third kappa shape index (κ3) is 2.89. The second kappa shape index (κ2) is 6.30. The topological polar surface area (TPSA) is 57.8 Å². The monoisotopic (exact) mass is 301 g/mol. The Bertz CT molecular complexity index is 693. The number of aryl methyl sites for hydroxylation is 1. The summed E-state index contributed by atoms with van der Waals surface area (Å²) in [7, 11) is 0. The summed E-state index contributed by atoms with van der Waals surface area (Å²) in [6.07, 6.45) is 6.21. The number of H-pyrrole nitrogens is 1. The first-order chi connectivity index (χ1) is 10.7. The van der Waals surface area contributed by atoms with Gasteiger partial charge in [0.2, 0.25) is 0 Å². The van der Waals surface area contributed by atoms with Gasteiger partial charge in [-0.3, -0.25) is 9.78 Å². The summed E-state index contributed by atoms with van der Waals surface area (Å²) >= 11 is 0. The number of hydrogen-bond acceptors (Lipinski definition) is 2. The number of carbonyl (C=O) groups excluding carboxylic acids is 1. The summed E-state index contributed by atoms with van der Waals surface area (Å²) in [6, 6.07) is 3.53. The molecule has 1 aliphatic heterocycles. The van der Waals surface area contributed by atoms with Crippen LogP contribution in [0.25, 0.3) is 11.3 Å². The fourth-order valence-electron chi connectivity index (χ4n) is 2.82. The molecule has 2 N–H and O–H groups in total. The molecule has 22 heavy (non-hydrogen) atoms. The number of nitrogens with zero attached hydrogens (tertiary/aromatic N) is 1. The average Bonchev–Trinajstić information content (AvgIpc) is 2.94. The first kappa shape index (κ1) is 14.8. The number of hydrogen-bond donors (Lipinski definition) is 2. The van der Waals surface area contributed by atoms with Gasteiger partial charge in [0, 0.05) is 35.6 Å². The Morgan fingerprint density at radius 3 is 2.91 bits per heavy atom. The number of unbranched alkanes of at least 4 members (excludes halogenated alkanes) is 2. The van der Waals surface area contributed by atoms with Crippen LogP contribution in [0.4, 0.5) is 4.39 Å². The number of fused-ring (bicyclic) bond motifs is 1. The molecule has 0 unspecified atom stereocenters. The van der Waals surface area contributed by atoms with Crippen molar-refractivity contribution in [2.45, 2.75) is 39.0 Å². The van der Waals surface area contributed by atoms with E-state index in [1.807, 2.05) is 0 Å². The first-order valence-electron chi connectivity index (χ1n) is 7.84. The van der Waals surface area contributed by atoms with Crippen molar-refractivity contribution in [2.75, 3.05) is 6.54 Å². The van der Waals surface area contributed by atoms with E-state index in [0.29, 0.717) is 23.4 Å². The molecule has 0 aliphatic carbocycles. The number of pyridine rings is 1. The fraction of sp³-hybridized carbons (Fsp3) is 0.412. The Morgan fingerprint density at radius 1 is 1.27 bits per heavy atom. The lowest BCUT2D eigenvalue weighted by molar-refractivity contribution is 0.0946. The van der Waals surface area contributed by atoms with E-state index in [1.54, 1.807) is 12.1 Å². The van der Waals surface area contributed by atoms with Crippen LogP contribution in [0.2, 0.25) is 0 Å². The van der Waals surface area contributed by atoms with Crippen LogP contribution < -0.4 is 5.32 Å². The van der Waals surface area contributed by atoms with E-state index in [2.05, 4.69) is 22.2 Å². The summed E-state index contributed by atoms with van der Waals surface area (Å²) in [5, 5.41) is 2.80. The summed E-state index contributed by atoms with van der Waals surface area (Å²) in [5.41, 5.74) is 3.52. The molecule has 0 saturated carbocycles. The predicted molar refractivity (Wildman–Crippen MR) is 83.2 cm³/mol. The molecule has 0 radical (unpaired) electrons. The van der Waals surface area contributed by atoms with Crippen molar-refractivity contribution in [2.24, 2.45) is 0 Å². The average molecular weight is 301 g/mol. The van der Waals surface area contributed by atoms with Gasteiger partial charge in [-0.1, -0.05) is 19.8 Å². The maximum atomic E-state index is 14.1. The lowest BCUT2D eigenvalue weighted by Gasteiger charge is -2.11. The molecule has 4 nitrogen and oxygen atoms in total. The Balaban J connectivity index is 1.90. The molecule has 0 aromatic carbocycles. The minimum Gasteiger partial charge on any atom is -0.358 e. The van der Waals surface area contributed by atoms with Gasteiger partial charge in [-0.15, -0.1) is 0 Å². The Labute approximate surface area is 129 Å². The van der Waals surface area contributed by atoms with Crippen LogP contribution in [0.3, 0.4) is 0 Å². The highest BCUT2D eigenvalue weighted by Crippen LogP contribution is 2.26. The normalized spacial score (nSPS) is 13.8. The zero-order chi connectivity index (χ0) is 15.5. The smallest absolute Gasteiger partial charge is 0.253 e. The largest absolute Gasteiger partial charge is 0.358 e. The quantitative estimate of drug-likeness (QED) is 0.833. The van der Waals surface area contributed by atoms with Gasteiger partial charge < -0.3 is 10.3 Å². The molecule has 3 heterocycles. The molecule has 1 aliphatic rings. The maximum Gasteiger partial charge on any atom is 0.253 e. The van der Waals surface area contributed by atoms with Crippen LogP contribution in [0.15, 0.2) is 18.3 Å².